The van der Waals surface area contributed by atoms with Crippen molar-refractivity contribution in [2.45, 2.75) is 4.90 Å². The number of nitrogens with zero attached hydrogens (tertiary/aromatic N) is 2. The first-order valence-corrected chi connectivity index (χ1v) is 5.57. The van der Waals surface area contributed by atoms with E-state index in [1.807, 2.05) is 0 Å². The van der Waals surface area contributed by atoms with Crippen molar-refractivity contribution in [2.24, 2.45) is 5.84 Å². The summed E-state index contributed by atoms with van der Waals surface area (Å²) in [5.74, 6) is 5.26. The Hall–Kier alpha value is -1.22. The van der Waals surface area contributed by atoms with Gasteiger partial charge in [-0.25, -0.2) is 24.3 Å². The summed E-state index contributed by atoms with van der Waals surface area (Å²) in [6.07, 6.45) is 1.45. The average Bonchev–Trinajstić information content (AvgIpc) is 2.16. The quantitative estimate of drug-likeness (QED) is 0.459. The topological polar surface area (TPSA) is 100 Å². The van der Waals surface area contributed by atoms with Crippen LogP contribution in [0.3, 0.4) is 0 Å². The van der Waals surface area contributed by atoms with Gasteiger partial charge in [0.05, 0.1) is 0 Å². The van der Waals surface area contributed by atoms with Gasteiger partial charge in [-0.2, -0.15) is 0 Å². The van der Waals surface area contributed by atoms with E-state index < -0.39 is 10.0 Å². The highest BCUT2D eigenvalue weighted by Gasteiger charge is 2.19. The van der Waals surface area contributed by atoms with Crippen LogP contribution < -0.4 is 16.1 Å². The summed E-state index contributed by atoms with van der Waals surface area (Å²) in [5, 5.41) is 1.32. The monoisotopic (exact) mass is 231 g/mol. The molecule has 0 aromatic carbocycles. The molecule has 1 rings (SSSR count). The molecule has 1 aromatic heterocycles. The molecular formula is C7H13N5O2S. The van der Waals surface area contributed by atoms with Crippen molar-refractivity contribution in [3.05, 3.63) is 18.3 Å². The zero-order valence-corrected chi connectivity index (χ0v) is 9.25. The molecule has 0 radical (unpaired) electrons. The predicted octanol–water partition coefficient (Wildman–Crippen LogP) is -0.878. The smallest absolute Gasteiger partial charge is 0.257 e. The normalized spacial score (nSPS) is 11.7. The molecule has 7 nitrogen and oxygen atoms in total. The van der Waals surface area contributed by atoms with E-state index >= 15 is 0 Å². The summed E-state index contributed by atoms with van der Waals surface area (Å²) in [5.41, 5.74) is 2.23. The van der Waals surface area contributed by atoms with E-state index in [4.69, 9.17) is 5.84 Å². The molecule has 1 aromatic rings. The number of hydrazine groups is 2. The van der Waals surface area contributed by atoms with Crippen molar-refractivity contribution >= 4 is 15.8 Å². The van der Waals surface area contributed by atoms with E-state index in [0.29, 0.717) is 0 Å². The fraction of sp³-hybridized carbons (Fsp3) is 0.286. The molecule has 0 unspecified atom stereocenters. The van der Waals surface area contributed by atoms with Crippen LogP contribution in [0.15, 0.2) is 23.2 Å². The Bertz CT molecular complexity index is 431. The van der Waals surface area contributed by atoms with E-state index in [0.717, 1.165) is 0 Å². The molecule has 0 saturated carbocycles. The van der Waals surface area contributed by atoms with E-state index in [9.17, 15) is 8.42 Å². The maximum absolute atomic E-state index is 11.7. The van der Waals surface area contributed by atoms with Crippen LogP contribution in [0.5, 0.6) is 0 Å². The summed E-state index contributed by atoms with van der Waals surface area (Å²) < 4.78 is 23.5. The van der Waals surface area contributed by atoms with Gasteiger partial charge in [-0.3, -0.25) is 0 Å². The Morgan fingerprint density at radius 3 is 2.67 bits per heavy atom. The summed E-state index contributed by atoms with van der Waals surface area (Å²) >= 11 is 0. The second-order valence-corrected chi connectivity index (χ2v) is 4.61. The molecule has 0 bridgehead atoms. The standard InChI is InChI=1S/C7H13N5O2S/c1-12(2)11-15(13,14)6-4-3-5-9-7(6)10-8/h3-5,11H,8H2,1-2H3,(H,9,10). The Labute approximate surface area is 88.3 Å². The van der Waals surface area contributed by atoms with Gasteiger partial charge in [0.15, 0.2) is 5.82 Å². The summed E-state index contributed by atoms with van der Waals surface area (Å²) in [6, 6.07) is 2.93. The van der Waals surface area contributed by atoms with Crippen LogP contribution in [-0.4, -0.2) is 32.5 Å². The lowest BCUT2D eigenvalue weighted by atomic mass is 10.5. The van der Waals surface area contributed by atoms with Crippen molar-refractivity contribution in [3.8, 4) is 0 Å². The number of nitrogens with one attached hydrogen (secondary N) is 2. The molecule has 0 saturated heterocycles. The van der Waals surface area contributed by atoms with Crippen LogP contribution in [0.1, 0.15) is 0 Å². The molecular weight excluding hydrogens is 218 g/mol. The summed E-state index contributed by atoms with van der Waals surface area (Å²) in [6.45, 7) is 0. The molecule has 0 atom stereocenters. The minimum Gasteiger partial charge on any atom is -0.307 e. The number of aromatic nitrogens is 1. The summed E-state index contributed by atoms with van der Waals surface area (Å²) in [4.78, 5) is 6.08. The van der Waals surface area contributed by atoms with Gasteiger partial charge in [-0.05, 0) is 12.1 Å². The number of pyridine rings is 1. The van der Waals surface area contributed by atoms with E-state index in [2.05, 4.69) is 15.2 Å². The maximum atomic E-state index is 11.7. The van der Waals surface area contributed by atoms with E-state index in [-0.39, 0.29) is 10.7 Å². The van der Waals surface area contributed by atoms with Crippen LogP contribution >= 0.6 is 0 Å². The predicted molar refractivity (Wildman–Crippen MR) is 56.1 cm³/mol. The van der Waals surface area contributed by atoms with E-state index in [1.165, 1.54) is 23.3 Å². The number of hydrogen-bond donors (Lipinski definition) is 3. The van der Waals surface area contributed by atoms with Gasteiger partial charge in [0.1, 0.15) is 4.90 Å². The first-order valence-electron chi connectivity index (χ1n) is 4.09. The van der Waals surface area contributed by atoms with Gasteiger partial charge < -0.3 is 5.43 Å². The fourth-order valence-electron chi connectivity index (χ4n) is 1.01. The third-order valence-corrected chi connectivity index (χ3v) is 3.01. The molecule has 0 aliphatic heterocycles. The average molecular weight is 231 g/mol. The maximum Gasteiger partial charge on any atom is 0.257 e. The highest BCUT2D eigenvalue weighted by Crippen LogP contribution is 2.16. The first kappa shape index (κ1) is 11.9. The minimum atomic E-state index is -3.63. The van der Waals surface area contributed by atoms with Crippen LogP contribution in [-0.2, 0) is 10.0 Å². The number of nitrogens with two attached hydrogens (primary N) is 1. The zero-order chi connectivity index (χ0) is 11.5. The first-order chi connectivity index (χ1) is 6.97. The molecule has 84 valence electrons. The van der Waals surface area contributed by atoms with Crippen molar-refractivity contribution in [2.75, 3.05) is 19.5 Å². The zero-order valence-electron chi connectivity index (χ0n) is 8.43. The van der Waals surface area contributed by atoms with Gasteiger partial charge >= 0.3 is 0 Å². The number of anilines is 1. The molecule has 8 heteroatoms. The lowest BCUT2D eigenvalue weighted by Gasteiger charge is -2.13. The van der Waals surface area contributed by atoms with Crippen molar-refractivity contribution in [1.29, 1.82) is 0 Å². The van der Waals surface area contributed by atoms with Crippen molar-refractivity contribution in [3.63, 3.8) is 0 Å². The SMILES string of the molecule is CN(C)NS(=O)(=O)c1cccnc1NN. The fourth-order valence-corrected chi connectivity index (χ4v) is 2.21. The van der Waals surface area contributed by atoms with Crippen LogP contribution in [0.4, 0.5) is 5.82 Å². The second kappa shape index (κ2) is 4.53. The van der Waals surface area contributed by atoms with Crippen molar-refractivity contribution < 1.29 is 8.42 Å². The van der Waals surface area contributed by atoms with Crippen molar-refractivity contribution in [1.82, 2.24) is 14.8 Å². The van der Waals surface area contributed by atoms with Gasteiger partial charge in [0, 0.05) is 20.3 Å². The molecule has 1 heterocycles. The van der Waals surface area contributed by atoms with Crippen LogP contribution in [0.25, 0.3) is 0 Å². The highest BCUT2D eigenvalue weighted by atomic mass is 32.2. The molecule has 0 aliphatic carbocycles. The largest absolute Gasteiger partial charge is 0.307 e. The molecule has 4 N–H and O–H groups in total. The molecule has 0 fully saturated rings. The molecule has 0 amide bonds. The van der Waals surface area contributed by atoms with Gasteiger partial charge in [0.25, 0.3) is 10.0 Å². The molecule has 0 spiro atoms. The lowest BCUT2D eigenvalue weighted by Crippen LogP contribution is -2.36. The number of nitrogen functional groups attached to an aromatic ring is 1. The Morgan fingerprint density at radius 2 is 2.13 bits per heavy atom. The molecule has 0 aliphatic rings. The van der Waals surface area contributed by atoms with Crippen LogP contribution in [0.2, 0.25) is 0 Å². The number of hydrogen-bond acceptors (Lipinski definition) is 6. The number of sulfonamides is 1. The lowest BCUT2D eigenvalue weighted by molar-refractivity contribution is 0.364. The second-order valence-electron chi connectivity index (χ2n) is 2.98. The Kier molecular flexibility index (Phi) is 3.58. The minimum absolute atomic E-state index is 0.00111. The Balaban J connectivity index is 3.15. The Morgan fingerprint density at radius 1 is 1.47 bits per heavy atom. The van der Waals surface area contributed by atoms with E-state index in [1.54, 1.807) is 14.1 Å². The van der Waals surface area contributed by atoms with Gasteiger partial charge in [-0.1, -0.05) is 0 Å². The van der Waals surface area contributed by atoms with Gasteiger partial charge in [-0.15, -0.1) is 4.83 Å². The summed E-state index contributed by atoms with van der Waals surface area (Å²) in [7, 11) is -0.486. The molecule has 15 heavy (non-hydrogen) atoms. The highest BCUT2D eigenvalue weighted by molar-refractivity contribution is 7.89. The van der Waals surface area contributed by atoms with Crippen LogP contribution in [0, 0.1) is 0 Å². The van der Waals surface area contributed by atoms with Gasteiger partial charge in [0.2, 0.25) is 0 Å². The third kappa shape index (κ3) is 2.86. The number of rotatable bonds is 4. The third-order valence-electron chi connectivity index (χ3n) is 1.50.